The van der Waals surface area contributed by atoms with Crippen molar-refractivity contribution in [3.05, 3.63) is 108 Å². The average Bonchev–Trinajstić information content (AvgIpc) is 3.18. The molecule has 0 fully saturated rings. The van der Waals surface area contributed by atoms with E-state index in [-0.39, 0.29) is 29.1 Å². The summed E-state index contributed by atoms with van der Waals surface area (Å²) in [6, 6.07) is 18.1. The van der Waals surface area contributed by atoms with Gasteiger partial charge in [-0.1, -0.05) is 0 Å². The second-order valence-corrected chi connectivity index (χ2v) is 8.08. The first kappa shape index (κ1) is 23.7. The Hall–Kier alpha value is -5.05. The minimum Gasteiger partial charge on any atom is -0.494 e. The highest BCUT2D eigenvalue weighted by Gasteiger charge is 2.37. The standard InChI is InChI=1S/C28H22N4O5/c1-2-36-21-8-6-20(7-9-21)32-27(34)22-10-5-19(16-23(22)28(32)35)26(33)31-25-24(4-3-13-30-25)37-17-18-11-14-29-15-12-18/h3-16H,2,17H2,1H3,(H,30,31,33). The Labute approximate surface area is 212 Å². The van der Waals surface area contributed by atoms with Crippen LogP contribution in [0.3, 0.4) is 0 Å². The molecule has 4 aromatic rings. The normalized spacial score (nSPS) is 12.3. The lowest BCUT2D eigenvalue weighted by molar-refractivity contribution is 0.0925. The summed E-state index contributed by atoms with van der Waals surface area (Å²) in [6.07, 6.45) is 4.87. The maximum Gasteiger partial charge on any atom is 0.266 e. The number of benzene rings is 2. The molecule has 1 aliphatic rings. The van der Waals surface area contributed by atoms with Gasteiger partial charge in [-0.3, -0.25) is 19.4 Å². The van der Waals surface area contributed by atoms with Crippen molar-refractivity contribution in [2.24, 2.45) is 0 Å². The maximum absolute atomic E-state index is 13.1. The number of carbonyl (C=O) groups is 3. The molecule has 3 amide bonds. The van der Waals surface area contributed by atoms with E-state index in [1.165, 1.54) is 24.4 Å². The number of pyridine rings is 2. The molecular formula is C28H22N4O5. The highest BCUT2D eigenvalue weighted by atomic mass is 16.5. The van der Waals surface area contributed by atoms with Gasteiger partial charge < -0.3 is 14.8 Å². The highest BCUT2D eigenvalue weighted by Crippen LogP contribution is 2.31. The van der Waals surface area contributed by atoms with Crippen molar-refractivity contribution in [3.8, 4) is 11.5 Å². The van der Waals surface area contributed by atoms with Gasteiger partial charge in [0.2, 0.25) is 0 Å². The molecule has 0 saturated heterocycles. The molecule has 2 aromatic carbocycles. The Balaban J connectivity index is 1.33. The van der Waals surface area contributed by atoms with Crippen molar-refractivity contribution in [3.63, 3.8) is 0 Å². The van der Waals surface area contributed by atoms with Gasteiger partial charge in [0.25, 0.3) is 17.7 Å². The first-order chi connectivity index (χ1) is 18.0. The molecule has 1 aliphatic heterocycles. The van der Waals surface area contributed by atoms with Gasteiger partial charge in [0.05, 0.1) is 23.4 Å². The zero-order chi connectivity index (χ0) is 25.8. The second-order valence-electron chi connectivity index (χ2n) is 8.08. The number of carbonyl (C=O) groups excluding carboxylic acids is 3. The number of ether oxygens (including phenoxy) is 2. The van der Waals surface area contributed by atoms with Gasteiger partial charge in [-0.25, -0.2) is 9.88 Å². The summed E-state index contributed by atoms with van der Waals surface area (Å²) in [5.41, 5.74) is 1.93. The number of fused-ring (bicyclic) bond motifs is 1. The quantitative estimate of drug-likeness (QED) is 0.359. The monoisotopic (exact) mass is 494 g/mol. The van der Waals surface area contributed by atoms with Crippen molar-refractivity contribution < 1.29 is 23.9 Å². The molecule has 0 unspecified atom stereocenters. The van der Waals surface area contributed by atoms with Crippen LogP contribution in [0.2, 0.25) is 0 Å². The van der Waals surface area contributed by atoms with Crippen molar-refractivity contribution >= 4 is 29.2 Å². The fourth-order valence-corrected chi connectivity index (χ4v) is 3.90. The zero-order valence-electron chi connectivity index (χ0n) is 19.9. The molecule has 37 heavy (non-hydrogen) atoms. The fraction of sp³-hybridized carbons (Fsp3) is 0.107. The lowest BCUT2D eigenvalue weighted by Gasteiger charge is -2.14. The predicted molar refractivity (Wildman–Crippen MR) is 136 cm³/mol. The van der Waals surface area contributed by atoms with Crippen LogP contribution in [0.15, 0.2) is 85.3 Å². The predicted octanol–water partition coefficient (Wildman–Crippen LogP) is 4.51. The van der Waals surface area contributed by atoms with Crippen LogP contribution in [0, 0.1) is 0 Å². The second kappa shape index (κ2) is 10.3. The van der Waals surface area contributed by atoms with Crippen LogP contribution in [0.4, 0.5) is 11.5 Å². The molecule has 0 saturated carbocycles. The Bertz CT molecular complexity index is 1470. The van der Waals surface area contributed by atoms with E-state index in [4.69, 9.17) is 9.47 Å². The Kier molecular flexibility index (Phi) is 6.58. The molecule has 5 rings (SSSR count). The SMILES string of the molecule is CCOc1ccc(N2C(=O)c3ccc(C(=O)Nc4ncccc4OCc4ccncc4)cc3C2=O)cc1. The topological polar surface area (TPSA) is 111 Å². The molecule has 184 valence electrons. The van der Waals surface area contributed by atoms with Gasteiger partial charge in [-0.05, 0) is 79.2 Å². The fourth-order valence-electron chi connectivity index (χ4n) is 3.90. The molecule has 0 aliphatic carbocycles. The number of hydrogen-bond acceptors (Lipinski definition) is 7. The summed E-state index contributed by atoms with van der Waals surface area (Å²) < 4.78 is 11.3. The molecular weight excluding hydrogens is 472 g/mol. The Morgan fingerprint density at radius 3 is 2.41 bits per heavy atom. The minimum atomic E-state index is -0.502. The first-order valence-corrected chi connectivity index (χ1v) is 11.6. The number of aromatic nitrogens is 2. The van der Waals surface area contributed by atoms with Gasteiger partial charge in [-0.2, -0.15) is 0 Å². The summed E-state index contributed by atoms with van der Waals surface area (Å²) >= 11 is 0. The molecule has 0 spiro atoms. The molecule has 2 aromatic heterocycles. The van der Waals surface area contributed by atoms with Crippen molar-refractivity contribution in [1.82, 2.24) is 9.97 Å². The van der Waals surface area contributed by atoms with E-state index in [1.54, 1.807) is 48.8 Å². The third kappa shape index (κ3) is 4.87. The largest absolute Gasteiger partial charge is 0.494 e. The van der Waals surface area contributed by atoms with E-state index in [9.17, 15) is 14.4 Å². The van der Waals surface area contributed by atoms with Crippen LogP contribution >= 0.6 is 0 Å². The van der Waals surface area contributed by atoms with Crippen molar-refractivity contribution in [2.75, 3.05) is 16.8 Å². The third-order valence-corrected chi connectivity index (χ3v) is 5.70. The van der Waals surface area contributed by atoms with Gasteiger partial charge in [0, 0.05) is 24.2 Å². The van der Waals surface area contributed by atoms with Crippen LogP contribution < -0.4 is 19.7 Å². The maximum atomic E-state index is 13.1. The van der Waals surface area contributed by atoms with Gasteiger partial charge in [0.1, 0.15) is 12.4 Å². The smallest absolute Gasteiger partial charge is 0.266 e. The van der Waals surface area contributed by atoms with Crippen LogP contribution in [0.1, 0.15) is 43.6 Å². The molecule has 0 atom stereocenters. The first-order valence-electron chi connectivity index (χ1n) is 11.6. The summed E-state index contributed by atoms with van der Waals surface area (Å²) in [4.78, 5) is 48.4. The van der Waals surface area contributed by atoms with Crippen LogP contribution in [-0.2, 0) is 6.61 Å². The number of nitrogens with zero attached hydrogens (tertiary/aromatic N) is 3. The Morgan fingerprint density at radius 1 is 0.892 bits per heavy atom. The number of imide groups is 1. The number of nitrogens with one attached hydrogen (secondary N) is 1. The molecule has 0 radical (unpaired) electrons. The van der Waals surface area contributed by atoms with Gasteiger partial charge in [0.15, 0.2) is 11.6 Å². The van der Waals surface area contributed by atoms with E-state index in [0.717, 1.165) is 10.5 Å². The molecule has 9 heteroatoms. The number of amides is 3. The molecule has 9 nitrogen and oxygen atoms in total. The summed E-state index contributed by atoms with van der Waals surface area (Å²) in [6.45, 7) is 2.65. The Morgan fingerprint density at radius 2 is 1.65 bits per heavy atom. The van der Waals surface area contributed by atoms with Crippen LogP contribution in [-0.4, -0.2) is 34.3 Å². The van der Waals surface area contributed by atoms with Crippen LogP contribution in [0.5, 0.6) is 11.5 Å². The highest BCUT2D eigenvalue weighted by molar-refractivity contribution is 6.34. The average molecular weight is 495 g/mol. The number of hydrogen-bond donors (Lipinski definition) is 1. The van der Waals surface area contributed by atoms with E-state index < -0.39 is 17.7 Å². The molecule has 0 bridgehead atoms. The lowest BCUT2D eigenvalue weighted by Crippen LogP contribution is -2.29. The van der Waals surface area contributed by atoms with Gasteiger partial charge in [-0.15, -0.1) is 0 Å². The van der Waals surface area contributed by atoms with Crippen molar-refractivity contribution in [1.29, 1.82) is 0 Å². The van der Waals surface area contributed by atoms with Crippen molar-refractivity contribution in [2.45, 2.75) is 13.5 Å². The van der Waals surface area contributed by atoms with E-state index in [1.807, 2.05) is 19.1 Å². The van der Waals surface area contributed by atoms with E-state index >= 15 is 0 Å². The van der Waals surface area contributed by atoms with E-state index in [0.29, 0.717) is 23.8 Å². The minimum absolute atomic E-state index is 0.154. The summed E-state index contributed by atoms with van der Waals surface area (Å²) in [5, 5.41) is 2.73. The van der Waals surface area contributed by atoms with E-state index in [2.05, 4.69) is 15.3 Å². The molecule has 3 heterocycles. The summed E-state index contributed by atoms with van der Waals surface area (Å²) in [7, 11) is 0. The molecule has 1 N–H and O–H groups in total. The summed E-state index contributed by atoms with van der Waals surface area (Å²) in [5.74, 6) is -0.177. The van der Waals surface area contributed by atoms with Gasteiger partial charge >= 0.3 is 0 Å². The zero-order valence-corrected chi connectivity index (χ0v) is 19.9. The lowest BCUT2D eigenvalue weighted by atomic mass is 10.1. The van der Waals surface area contributed by atoms with Crippen LogP contribution in [0.25, 0.3) is 0 Å². The number of rotatable bonds is 8. The third-order valence-electron chi connectivity index (χ3n) is 5.70. The number of anilines is 2.